The summed E-state index contributed by atoms with van der Waals surface area (Å²) in [5, 5.41) is 8.91. The molecule has 0 unspecified atom stereocenters. The maximum absolute atomic E-state index is 6.15. The molecule has 0 amide bonds. The van der Waals surface area contributed by atoms with Crippen LogP contribution in [0.1, 0.15) is 69.1 Å². The van der Waals surface area contributed by atoms with Gasteiger partial charge in [-0.1, -0.05) is 57.0 Å². The Hall–Kier alpha value is -1.16. The van der Waals surface area contributed by atoms with E-state index in [9.17, 15) is 0 Å². The van der Waals surface area contributed by atoms with Crippen molar-refractivity contribution in [3.05, 3.63) is 22.4 Å². The topological polar surface area (TPSA) is 43.1 Å². The fourth-order valence-corrected chi connectivity index (χ4v) is 2.89. The number of aromatic nitrogens is 4. The Kier molecular flexibility index (Phi) is 5.97. The van der Waals surface area contributed by atoms with Crippen LogP contribution in [0.4, 0.5) is 0 Å². The fourth-order valence-electron chi connectivity index (χ4n) is 2.64. The number of rotatable bonds is 8. The lowest BCUT2D eigenvalue weighted by atomic mass is 10.1. The largest absolute Gasteiger partial charge is 0.279 e. The summed E-state index contributed by atoms with van der Waals surface area (Å²) in [7, 11) is 0. The van der Waals surface area contributed by atoms with Crippen LogP contribution in [-0.2, 0) is 6.42 Å². The molecule has 2 rings (SSSR count). The third-order valence-corrected chi connectivity index (χ3v) is 4.30. The van der Waals surface area contributed by atoms with Gasteiger partial charge in [0.25, 0.3) is 0 Å². The summed E-state index contributed by atoms with van der Waals surface area (Å²) in [5.41, 5.74) is 2.70. The number of halogens is 1. The van der Waals surface area contributed by atoms with E-state index in [0.717, 1.165) is 30.1 Å². The average molecular weight is 309 g/mol. The lowest BCUT2D eigenvalue weighted by Crippen LogP contribution is -2.03. The van der Waals surface area contributed by atoms with Crippen LogP contribution in [0.25, 0.3) is 5.65 Å². The zero-order valence-electron chi connectivity index (χ0n) is 13.3. The van der Waals surface area contributed by atoms with Crippen molar-refractivity contribution < 1.29 is 0 Å². The van der Waals surface area contributed by atoms with E-state index in [1.54, 1.807) is 0 Å². The summed E-state index contributed by atoms with van der Waals surface area (Å²) in [4.78, 5) is 4.29. The van der Waals surface area contributed by atoms with Crippen molar-refractivity contribution >= 4 is 17.2 Å². The van der Waals surface area contributed by atoms with E-state index in [1.807, 2.05) is 13.8 Å². The summed E-state index contributed by atoms with van der Waals surface area (Å²) >= 11 is 6.15. The molecule has 5 heteroatoms. The van der Waals surface area contributed by atoms with E-state index in [2.05, 4.69) is 26.5 Å². The van der Waals surface area contributed by atoms with Gasteiger partial charge in [-0.3, -0.25) is 4.40 Å². The molecule has 0 aliphatic carbocycles. The second-order valence-corrected chi connectivity index (χ2v) is 6.08. The molecule has 0 spiro atoms. The van der Waals surface area contributed by atoms with Gasteiger partial charge in [-0.15, -0.1) is 10.2 Å². The van der Waals surface area contributed by atoms with E-state index >= 15 is 0 Å². The molecule has 0 bridgehead atoms. The van der Waals surface area contributed by atoms with Crippen molar-refractivity contribution in [1.29, 1.82) is 0 Å². The first kappa shape index (κ1) is 16.2. The van der Waals surface area contributed by atoms with Crippen LogP contribution in [0.5, 0.6) is 0 Å². The Morgan fingerprint density at radius 3 is 2.33 bits per heavy atom. The van der Waals surface area contributed by atoms with Gasteiger partial charge >= 0.3 is 0 Å². The van der Waals surface area contributed by atoms with Gasteiger partial charge in [-0.05, 0) is 20.3 Å². The first-order valence-corrected chi connectivity index (χ1v) is 8.39. The molecule has 0 aliphatic rings. The summed E-state index contributed by atoms with van der Waals surface area (Å²) in [6.07, 6.45) is 10.1. The molecule has 0 aromatic carbocycles. The summed E-state index contributed by atoms with van der Waals surface area (Å²) in [6.45, 7) is 6.27. The molecule has 2 aromatic heterocycles. The molecule has 0 saturated heterocycles. The number of nitrogens with zero attached hydrogens (tertiary/aromatic N) is 4. The van der Waals surface area contributed by atoms with Crippen molar-refractivity contribution in [2.45, 2.75) is 72.1 Å². The van der Waals surface area contributed by atoms with Gasteiger partial charge in [-0.2, -0.15) is 0 Å². The fraction of sp³-hybridized carbons (Fsp3) is 0.688. The zero-order chi connectivity index (χ0) is 15.2. The monoisotopic (exact) mass is 308 g/mol. The minimum Gasteiger partial charge on any atom is -0.279 e. The second kappa shape index (κ2) is 7.74. The molecule has 4 nitrogen and oxygen atoms in total. The summed E-state index contributed by atoms with van der Waals surface area (Å²) < 4.78 is 2.06. The molecule has 2 aromatic rings. The van der Waals surface area contributed by atoms with Crippen LogP contribution >= 0.6 is 11.6 Å². The molecule has 116 valence electrons. The quantitative estimate of drug-likeness (QED) is 0.665. The van der Waals surface area contributed by atoms with Crippen molar-refractivity contribution in [2.24, 2.45) is 0 Å². The molecule has 0 fully saturated rings. The highest BCUT2D eigenvalue weighted by molar-refractivity contribution is 6.32. The number of hydrogen-bond acceptors (Lipinski definition) is 3. The van der Waals surface area contributed by atoms with Crippen LogP contribution in [0.15, 0.2) is 0 Å². The predicted octanol–water partition coefficient (Wildman–Crippen LogP) is 4.69. The molecule has 21 heavy (non-hydrogen) atoms. The van der Waals surface area contributed by atoms with E-state index in [1.165, 1.54) is 38.5 Å². The molecular weight excluding hydrogens is 284 g/mol. The van der Waals surface area contributed by atoms with E-state index in [-0.39, 0.29) is 0 Å². The van der Waals surface area contributed by atoms with Crippen LogP contribution in [0.3, 0.4) is 0 Å². The van der Waals surface area contributed by atoms with E-state index in [0.29, 0.717) is 10.8 Å². The molecule has 2 heterocycles. The van der Waals surface area contributed by atoms with Crippen molar-refractivity contribution in [1.82, 2.24) is 19.6 Å². The smallest absolute Gasteiger partial charge is 0.198 e. The molecule has 0 saturated carbocycles. The molecule has 0 radical (unpaired) electrons. The highest BCUT2D eigenvalue weighted by atomic mass is 35.5. The zero-order valence-corrected chi connectivity index (χ0v) is 14.1. The first-order chi connectivity index (χ1) is 10.1. The number of hydrogen-bond donors (Lipinski definition) is 0. The maximum Gasteiger partial charge on any atom is 0.198 e. The Labute approximate surface area is 131 Å². The van der Waals surface area contributed by atoms with Crippen LogP contribution < -0.4 is 0 Å². The number of aryl methyl sites for hydroxylation is 3. The predicted molar refractivity (Wildman–Crippen MR) is 87.0 cm³/mol. The van der Waals surface area contributed by atoms with Gasteiger partial charge in [0.1, 0.15) is 5.82 Å². The van der Waals surface area contributed by atoms with Crippen molar-refractivity contribution in [3.8, 4) is 0 Å². The minimum absolute atomic E-state index is 0.441. The van der Waals surface area contributed by atoms with Crippen molar-refractivity contribution in [2.75, 3.05) is 0 Å². The van der Waals surface area contributed by atoms with Crippen LogP contribution in [0, 0.1) is 13.8 Å². The molecule has 0 aliphatic heterocycles. The average Bonchev–Trinajstić information content (AvgIpc) is 2.88. The highest BCUT2D eigenvalue weighted by Crippen LogP contribution is 2.19. The lowest BCUT2D eigenvalue weighted by molar-refractivity contribution is 0.583. The normalized spacial score (nSPS) is 11.4. The van der Waals surface area contributed by atoms with Gasteiger partial charge in [0.05, 0.1) is 5.69 Å². The Bertz CT molecular complexity index is 591. The third-order valence-electron chi connectivity index (χ3n) is 4.04. The number of unbranched alkanes of at least 4 members (excludes halogenated alkanes) is 6. The maximum atomic E-state index is 6.15. The SMILES string of the molecule is CCCCCCCCCc1nnc2c(Cl)nc(C)c(C)n12. The van der Waals surface area contributed by atoms with E-state index in [4.69, 9.17) is 11.6 Å². The summed E-state index contributed by atoms with van der Waals surface area (Å²) in [5.74, 6) is 1.00. The van der Waals surface area contributed by atoms with E-state index < -0.39 is 0 Å². The Balaban J connectivity index is 1.94. The Morgan fingerprint density at radius 2 is 1.62 bits per heavy atom. The molecular formula is C16H25ClN4. The van der Waals surface area contributed by atoms with Gasteiger partial charge in [0, 0.05) is 12.1 Å². The molecule has 0 N–H and O–H groups in total. The van der Waals surface area contributed by atoms with Gasteiger partial charge in [0.2, 0.25) is 0 Å². The second-order valence-electron chi connectivity index (χ2n) is 5.72. The standard InChI is InChI=1S/C16H25ClN4/c1-4-5-6-7-8-9-10-11-14-19-20-16-15(17)18-12(2)13(3)21(14)16/h4-11H2,1-3H3. The minimum atomic E-state index is 0.441. The van der Waals surface area contributed by atoms with Gasteiger partial charge in [-0.25, -0.2) is 4.98 Å². The van der Waals surface area contributed by atoms with Crippen LogP contribution in [0.2, 0.25) is 5.15 Å². The Morgan fingerprint density at radius 1 is 0.952 bits per heavy atom. The van der Waals surface area contributed by atoms with Gasteiger partial charge < -0.3 is 0 Å². The molecule has 0 atom stereocenters. The van der Waals surface area contributed by atoms with Gasteiger partial charge in [0.15, 0.2) is 10.8 Å². The van der Waals surface area contributed by atoms with Crippen LogP contribution in [-0.4, -0.2) is 19.6 Å². The lowest BCUT2D eigenvalue weighted by Gasteiger charge is -2.07. The van der Waals surface area contributed by atoms with Crippen molar-refractivity contribution in [3.63, 3.8) is 0 Å². The first-order valence-electron chi connectivity index (χ1n) is 8.01. The summed E-state index contributed by atoms with van der Waals surface area (Å²) in [6, 6.07) is 0. The number of fused-ring (bicyclic) bond motifs is 1. The highest BCUT2D eigenvalue weighted by Gasteiger charge is 2.13. The third kappa shape index (κ3) is 3.94.